The van der Waals surface area contributed by atoms with Crippen LogP contribution in [0.4, 0.5) is 0 Å². The van der Waals surface area contributed by atoms with E-state index < -0.39 is 17.5 Å². The summed E-state index contributed by atoms with van der Waals surface area (Å²) >= 11 is 0. The Morgan fingerprint density at radius 1 is 1.12 bits per heavy atom. The molecule has 0 amide bonds. The predicted octanol–water partition coefficient (Wildman–Crippen LogP) is 0.132. The number of ether oxygens (including phenoxy) is 3. The van der Waals surface area contributed by atoms with Crippen LogP contribution in [0, 0.1) is 0 Å². The first-order chi connectivity index (χ1) is 8.04. The largest absolute Gasteiger partial charge is 0.493 e. The van der Waals surface area contributed by atoms with Crippen LogP contribution in [0.1, 0.15) is 6.92 Å². The number of allylic oxidation sites excluding steroid dienone is 2. The van der Waals surface area contributed by atoms with Gasteiger partial charge in [-0.1, -0.05) is 0 Å². The summed E-state index contributed by atoms with van der Waals surface area (Å²) < 4.78 is 14.3. The van der Waals surface area contributed by atoms with E-state index in [0.717, 1.165) is 12.2 Å². The van der Waals surface area contributed by atoms with E-state index in [4.69, 9.17) is 9.47 Å². The lowest BCUT2D eigenvalue weighted by atomic mass is 10.1. The van der Waals surface area contributed by atoms with Crippen LogP contribution < -0.4 is 0 Å². The van der Waals surface area contributed by atoms with Gasteiger partial charge in [-0.15, -0.1) is 0 Å². The van der Waals surface area contributed by atoms with E-state index in [0.29, 0.717) is 0 Å². The van der Waals surface area contributed by atoms with E-state index in [2.05, 4.69) is 4.74 Å². The molecule has 0 heterocycles. The van der Waals surface area contributed by atoms with Crippen LogP contribution in [0.2, 0.25) is 0 Å². The lowest BCUT2D eigenvalue weighted by Crippen LogP contribution is -2.18. The topological polar surface area (TPSA) is 78.9 Å². The Balaban J connectivity index is 2.48. The predicted molar refractivity (Wildman–Crippen MR) is 55.8 cm³/mol. The Hall–Kier alpha value is -2.11. The zero-order valence-electron chi connectivity index (χ0n) is 9.52. The van der Waals surface area contributed by atoms with Crippen LogP contribution in [0.25, 0.3) is 0 Å². The average molecular weight is 240 g/mol. The second kappa shape index (κ2) is 5.83. The monoisotopic (exact) mass is 240 g/mol. The molecule has 1 aliphatic carbocycles. The first-order valence-corrected chi connectivity index (χ1v) is 4.87. The molecular formula is C11H12O6. The van der Waals surface area contributed by atoms with Crippen molar-refractivity contribution in [3.05, 3.63) is 23.7 Å². The average Bonchev–Trinajstić information content (AvgIpc) is 2.28. The van der Waals surface area contributed by atoms with Crippen molar-refractivity contribution < 1.29 is 28.6 Å². The third-order valence-electron chi connectivity index (χ3n) is 1.88. The summed E-state index contributed by atoms with van der Waals surface area (Å²) in [6.45, 7) is 1.30. The number of carbonyl (C=O) groups is 3. The highest BCUT2D eigenvalue weighted by Crippen LogP contribution is 2.13. The number of esters is 1. The summed E-state index contributed by atoms with van der Waals surface area (Å²) in [7, 11) is 1.30. The van der Waals surface area contributed by atoms with E-state index in [1.165, 1.54) is 14.0 Å². The zero-order chi connectivity index (χ0) is 12.8. The van der Waals surface area contributed by atoms with Gasteiger partial charge in [0.15, 0.2) is 11.5 Å². The summed E-state index contributed by atoms with van der Waals surface area (Å²) in [4.78, 5) is 33.2. The van der Waals surface area contributed by atoms with Crippen molar-refractivity contribution >= 4 is 17.5 Å². The van der Waals surface area contributed by atoms with E-state index in [-0.39, 0.29) is 24.7 Å². The molecule has 6 heteroatoms. The Kier molecular flexibility index (Phi) is 4.45. The van der Waals surface area contributed by atoms with Crippen LogP contribution in [-0.4, -0.2) is 37.9 Å². The third-order valence-corrected chi connectivity index (χ3v) is 1.88. The van der Waals surface area contributed by atoms with Crippen molar-refractivity contribution in [2.24, 2.45) is 0 Å². The molecule has 0 fully saturated rings. The van der Waals surface area contributed by atoms with E-state index in [9.17, 15) is 14.4 Å². The van der Waals surface area contributed by atoms with Gasteiger partial charge in [0.2, 0.25) is 11.6 Å². The molecule has 92 valence electrons. The first-order valence-electron chi connectivity index (χ1n) is 4.87. The van der Waals surface area contributed by atoms with Crippen molar-refractivity contribution in [3.63, 3.8) is 0 Å². The van der Waals surface area contributed by atoms with Gasteiger partial charge >= 0.3 is 5.97 Å². The molecule has 0 saturated heterocycles. The molecule has 0 radical (unpaired) electrons. The molecule has 0 spiro atoms. The van der Waals surface area contributed by atoms with Gasteiger partial charge in [-0.05, 0) is 0 Å². The Bertz CT molecular complexity index is 404. The summed E-state index contributed by atoms with van der Waals surface area (Å²) in [5.41, 5.74) is 0. The van der Waals surface area contributed by atoms with Gasteiger partial charge in [0.1, 0.15) is 13.2 Å². The number of methoxy groups -OCH3 is 1. The number of carbonyl (C=O) groups excluding carboxylic acids is 3. The Labute approximate surface area is 97.8 Å². The summed E-state index contributed by atoms with van der Waals surface area (Å²) in [5.74, 6) is -1.43. The summed E-state index contributed by atoms with van der Waals surface area (Å²) in [6, 6.07) is 0. The fraction of sp³-hybridized carbons (Fsp3) is 0.364. The quantitative estimate of drug-likeness (QED) is 0.386. The molecule has 0 aromatic carbocycles. The number of ketones is 2. The van der Waals surface area contributed by atoms with Crippen molar-refractivity contribution in [1.29, 1.82) is 0 Å². The van der Waals surface area contributed by atoms with E-state index >= 15 is 0 Å². The molecule has 0 aromatic heterocycles. The van der Waals surface area contributed by atoms with Crippen molar-refractivity contribution in [1.82, 2.24) is 0 Å². The molecule has 0 atom stereocenters. The lowest BCUT2D eigenvalue weighted by Gasteiger charge is -2.12. The fourth-order valence-corrected chi connectivity index (χ4v) is 1.13. The minimum atomic E-state index is -0.454. The van der Waals surface area contributed by atoms with Gasteiger partial charge in [-0.3, -0.25) is 14.4 Å². The smallest absolute Gasteiger partial charge is 0.302 e. The molecule has 1 rings (SSSR count). The summed E-state index contributed by atoms with van der Waals surface area (Å²) in [5, 5.41) is 0. The normalized spacial score (nSPS) is 14.9. The van der Waals surface area contributed by atoms with Crippen LogP contribution in [0.3, 0.4) is 0 Å². The number of hydrogen-bond donors (Lipinski definition) is 0. The molecule has 1 aliphatic rings. The molecule has 17 heavy (non-hydrogen) atoms. The van der Waals surface area contributed by atoms with Gasteiger partial charge in [-0.2, -0.15) is 0 Å². The minimum absolute atomic E-state index is 0.0145. The Morgan fingerprint density at radius 2 is 1.71 bits per heavy atom. The van der Waals surface area contributed by atoms with Crippen LogP contribution >= 0.6 is 0 Å². The molecular weight excluding hydrogens is 228 g/mol. The van der Waals surface area contributed by atoms with Crippen LogP contribution in [0.5, 0.6) is 0 Å². The Morgan fingerprint density at radius 3 is 2.29 bits per heavy atom. The number of rotatable bonds is 5. The number of hydrogen-bond acceptors (Lipinski definition) is 6. The molecule has 6 nitrogen and oxygen atoms in total. The van der Waals surface area contributed by atoms with Crippen molar-refractivity contribution in [2.75, 3.05) is 20.3 Å². The SMILES string of the molecule is COC1=CC(=O)C(OCCOC(C)=O)=CC1=O. The van der Waals surface area contributed by atoms with Gasteiger partial charge in [0.05, 0.1) is 7.11 Å². The highest BCUT2D eigenvalue weighted by Gasteiger charge is 2.21. The van der Waals surface area contributed by atoms with Gasteiger partial charge in [0, 0.05) is 19.1 Å². The second-order valence-electron chi connectivity index (χ2n) is 3.14. The van der Waals surface area contributed by atoms with Crippen LogP contribution in [-0.2, 0) is 28.6 Å². The maximum Gasteiger partial charge on any atom is 0.302 e. The third kappa shape index (κ3) is 3.75. The van der Waals surface area contributed by atoms with E-state index in [1.807, 2.05) is 0 Å². The highest BCUT2D eigenvalue weighted by molar-refractivity contribution is 6.18. The first kappa shape index (κ1) is 13.0. The van der Waals surface area contributed by atoms with Gasteiger partial charge < -0.3 is 14.2 Å². The molecule has 0 unspecified atom stereocenters. The van der Waals surface area contributed by atoms with Gasteiger partial charge in [0.25, 0.3) is 0 Å². The maximum atomic E-state index is 11.4. The maximum absolute atomic E-state index is 11.4. The second-order valence-corrected chi connectivity index (χ2v) is 3.14. The van der Waals surface area contributed by atoms with Crippen molar-refractivity contribution in [3.8, 4) is 0 Å². The lowest BCUT2D eigenvalue weighted by molar-refractivity contribution is -0.142. The molecule has 0 bridgehead atoms. The van der Waals surface area contributed by atoms with Crippen molar-refractivity contribution in [2.45, 2.75) is 6.92 Å². The highest BCUT2D eigenvalue weighted by atomic mass is 16.6. The van der Waals surface area contributed by atoms with Gasteiger partial charge in [-0.25, -0.2) is 0 Å². The van der Waals surface area contributed by atoms with Crippen LogP contribution in [0.15, 0.2) is 23.7 Å². The van der Waals surface area contributed by atoms with E-state index in [1.54, 1.807) is 0 Å². The zero-order valence-corrected chi connectivity index (χ0v) is 9.52. The molecule has 0 N–H and O–H groups in total. The molecule has 0 saturated carbocycles. The minimum Gasteiger partial charge on any atom is -0.493 e. The molecule has 0 aliphatic heterocycles. The molecule has 0 aromatic rings. The summed E-state index contributed by atoms with van der Waals surface area (Å²) in [6.07, 6.45) is 2.11. The fourth-order valence-electron chi connectivity index (χ4n) is 1.13. The standard InChI is InChI=1S/C11H12O6/c1-7(12)16-3-4-17-11-6-8(13)10(15-2)5-9(11)14/h5-6H,3-4H2,1-2H3.